The zero-order valence-corrected chi connectivity index (χ0v) is 23.2. The molecular formula is C28H27ClN4O5S. The number of aliphatic imine (C=N–C) groups is 1. The van der Waals surface area contributed by atoms with Gasteiger partial charge < -0.3 is 19.7 Å². The highest BCUT2D eigenvalue weighted by Crippen LogP contribution is 2.40. The predicted molar refractivity (Wildman–Crippen MR) is 153 cm³/mol. The Morgan fingerprint density at radius 3 is 2.38 bits per heavy atom. The molecule has 0 saturated heterocycles. The van der Waals surface area contributed by atoms with Crippen LogP contribution < -0.4 is 19.1 Å². The molecule has 11 heteroatoms. The average Bonchev–Trinajstić information content (AvgIpc) is 3.21. The zero-order valence-electron chi connectivity index (χ0n) is 21.6. The minimum atomic E-state index is -3.48. The second-order valence-corrected chi connectivity index (χ2v) is 11.8. The van der Waals surface area contributed by atoms with Crippen LogP contribution in [0.2, 0.25) is 5.02 Å². The van der Waals surface area contributed by atoms with Gasteiger partial charge in [-0.2, -0.15) is 0 Å². The van der Waals surface area contributed by atoms with Crippen molar-refractivity contribution in [1.29, 1.82) is 0 Å². The minimum absolute atomic E-state index is 0.232. The fourth-order valence-corrected chi connectivity index (χ4v) is 5.56. The molecule has 0 aromatic heterocycles. The summed E-state index contributed by atoms with van der Waals surface area (Å²) in [6.45, 7) is 0.879. The van der Waals surface area contributed by atoms with Gasteiger partial charge in [0, 0.05) is 29.4 Å². The van der Waals surface area contributed by atoms with Crippen molar-refractivity contribution in [2.24, 2.45) is 4.99 Å². The van der Waals surface area contributed by atoms with E-state index in [0.29, 0.717) is 57.9 Å². The molecular weight excluding hydrogens is 540 g/mol. The molecule has 1 amide bonds. The molecule has 0 spiro atoms. The Balaban J connectivity index is 1.57. The number of fused-ring (bicyclic) bond motifs is 2. The Bertz CT molecular complexity index is 1590. The topological polar surface area (TPSA) is 101 Å². The van der Waals surface area contributed by atoms with E-state index in [2.05, 4.69) is 5.32 Å². The van der Waals surface area contributed by atoms with Gasteiger partial charge in [-0.05, 0) is 74.3 Å². The van der Waals surface area contributed by atoms with Crippen LogP contribution in [0, 0.1) is 0 Å². The highest BCUT2D eigenvalue weighted by Gasteiger charge is 2.36. The maximum Gasteiger partial charge on any atom is 0.238 e. The van der Waals surface area contributed by atoms with Gasteiger partial charge in [-0.25, -0.2) is 8.42 Å². The number of rotatable bonds is 8. The third-order valence-corrected chi connectivity index (χ3v) is 7.77. The number of sulfonamides is 1. The van der Waals surface area contributed by atoms with Crippen LogP contribution in [0.1, 0.15) is 17.0 Å². The molecule has 2 heterocycles. The van der Waals surface area contributed by atoms with Crippen molar-refractivity contribution < 1.29 is 22.7 Å². The first-order chi connectivity index (χ1) is 18.6. The number of amides is 1. The molecule has 1 N–H and O–H groups in total. The van der Waals surface area contributed by atoms with E-state index in [1.54, 1.807) is 48.5 Å². The van der Waals surface area contributed by atoms with Crippen LogP contribution in [0.5, 0.6) is 11.5 Å². The average molecular weight is 567 g/mol. The van der Waals surface area contributed by atoms with Gasteiger partial charge in [-0.1, -0.05) is 17.7 Å². The summed E-state index contributed by atoms with van der Waals surface area (Å²) >= 11 is 6.17. The number of nitrogens with zero attached hydrogens (tertiary/aromatic N) is 3. The van der Waals surface area contributed by atoms with E-state index < -0.39 is 15.9 Å². The SMILES string of the molecule is CN(C)CCN(c1ccc(N=C(c2ccc3c(c2)OC=CO3)C2C(=O)Nc3cc(Cl)ccc32)cc1)S(C)(=O)=O. The van der Waals surface area contributed by atoms with Crippen LogP contribution in [0.3, 0.4) is 0 Å². The van der Waals surface area contributed by atoms with Crippen LogP contribution in [-0.2, 0) is 14.8 Å². The lowest BCUT2D eigenvalue weighted by Crippen LogP contribution is -2.35. The summed E-state index contributed by atoms with van der Waals surface area (Å²) in [7, 11) is 0.293. The van der Waals surface area contributed by atoms with Gasteiger partial charge in [-0.15, -0.1) is 0 Å². The van der Waals surface area contributed by atoms with Crippen LogP contribution in [0.4, 0.5) is 17.1 Å². The van der Waals surface area contributed by atoms with E-state index in [-0.39, 0.29) is 5.91 Å². The quantitative estimate of drug-likeness (QED) is 0.394. The molecule has 0 radical (unpaired) electrons. The molecule has 1 unspecified atom stereocenters. The maximum absolute atomic E-state index is 13.2. The summed E-state index contributed by atoms with van der Waals surface area (Å²) in [5, 5.41) is 3.42. The number of hydrogen-bond donors (Lipinski definition) is 1. The van der Waals surface area contributed by atoms with Crippen molar-refractivity contribution >= 4 is 50.3 Å². The summed E-state index contributed by atoms with van der Waals surface area (Å²) in [5.74, 6) is 0.107. The number of nitrogens with one attached hydrogen (secondary N) is 1. The van der Waals surface area contributed by atoms with Crippen LogP contribution >= 0.6 is 11.6 Å². The Morgan fingerprint density at radius 2 is 1.69 bits per heavy atom. The number of hydrogen-bond acceptors (Lipinski definition) is 7. The van der Waals surface area contributed by atoms with E-state index in [1.807, 2.05) is 31.1 Å². The van der Waals surface area contributed by atoms with Crippen LogP contribution in [-0.4, -0.2) is 58.4 Å². The number of halogens is 1. The van der Waals surface area contributed by atoms with Crippen molar-refractivity contribution in [3.05, 3.63) is 89.3 Å². The molecule has 0 fully saturated rings. The van der Waals surface area contributed by atoms with Crippen molar-refractivity contribution in [3.63, 3.8) is 0 Å². The molecule has 0 aliphatic carbocycles. The Labute approximate surface area is 232 Å². The third-order valence-electron chi connectivity index (χ3n) is 6.34. The first kappa shape index (κ1) is 26.7. The summed E-state index contributed by atoms with van der Waals surface area (Å²) in [6, 6.07) is 17.5. The normalized spacial score (nSPS) is 16.3. The van der Waals surface area contributed by atoms with Gasteiger partial charge in [0.1, 0.15) is 18.4 Å². The Morgan fingerprint density at radius 1 is 0.974 bits per heavy atom. The molecule has 2 aliphatic rings. The lowest BCUT2D eigenvalue weighted by Gasteiger charge is -2.24. The van der Waals surface area contributed by atoms with E-state index >= 15 is 0 Å². The largest absolute Gasteiger partial charge is 0.458 e. The van der Waals surface area contributed by atoms with Crippen LogP contribution in [0.25, 0.3) is 0 Å². The predicted octanol–water partition coefficient (Wildman–Crippen LogP) is 4.77. The van der Waals surface area contributed by atoms with E-state index in [4.69, 9.17) is 26.1 Å². The third kappa shape index (κ3) is 5.78. The lowest BCUT2D eigenvalue weighted by molar-refractivity contribution is -0.115. The lowest BCUT2D eigenvalue weighted by atomic mass is 9.90. The molecule has 39 heavy (non-hydrogen) atoms. The summed E-state index contributed by atoms with van der Waals surface area (Å²) in [4.78, 5) is 20.1. The molecule has 3 aromatic rings. The van der Waals surface area contributed by atoms with Crippen molar-refractivity contribution in [3.8, 4) is 11.5 Å². The molecule has 9 nitrogen and oxygen atoms in total. The summed E-state index contributed by atoms with van der Waals surface area (Å²) in [6.07, 6.45) is 4.07. The fourth-order valence-electron chi connectivity index (χ4n) is 4.47. The number of anilines is 2. The maximum atomic E-state index is 13.2. The van der Waals surface area contributed by atoms with E-state index in [1.165, 1.54) is 23.1 Å². The first-order valence-corrected chi connectivity index (χ1v) is 14.4. The van der Waals surface area contributed by atoms with Crippen molar-refractivity contribution in [2.75, 3.05) is 43.1 Å². The van der Waals surface area contributed by atoms with E-state index in [0.717, 1.165) is 5.56 Å². The number of ether oxygens (including phenoxy) is 2. The van der Waals surface area contributed by atoms with Crippen LogP contribution in [0.15, 0.2) is 78.2 Å². The number of carbonyl (C=O) groups excluding carboxylic acids is 1. The smallest absolute Gasteiger partial charge is 0.238 e. The molecule has 5 rings (SSSR count). The molecule has 2 aliphatic heterocycles. The monoisotopic (exact) mass is 566 g/mol. The van der Waals surface area contributed by atoms with Gasteiger partial charge in [0.05, 0.1) is 23.3 Å². The van der Waals surface area contributed by atoms with Crippen molar-refractivity contribution in [2.45, 2.75) is 5.92 Å². The highest BCUT2D eigenvalue weighted by atomic mass is 35.5. The zero-order chi connectivity index (χ0) is 27.7. The fraction of sp³-hybridized carbons (Fsp3) is 0.214. The molecule has 3 aromatic carbocycles. The van der Waals surface area contributed by atoms with Gasteiger partial charge in [-0.3, -0.25) is 14.1 Å². The van der Waals surface area contributed by atoms with Gasteiger partial charge >= 0.3 is 0 Å². The van der Waals surface area contributed by atoms with E-state index in [9.17, 15) is 13.2 Å². The first-order valence-electron chi connectivity index (χ1n) is 12.1. The molecule has 0 bridgehead atoms. The van der Waals surface area contributed by atoms with Crippen molar-refractivity contribution in [1.82, 2.24) is 4.90 Å². The standard InChI is InChI=1S/C28H27ClN4O5S/c1-32(2)12-13-33(39(3,35)36)21-8-6-20(7-9-21)30-27(18-4-11-24-25(16-18)38-15-14-37-24)26-22-10-5-19(29)17-23(22)31-28(26)34/h4-11,14-17,26H,12-13H2,1-3H3,(H,31,34). The summed E-state index contributed by atoms with van der Waals surface area (Å²) in [5.41, 5.74) is 3.63. The molecule has 0 saturated carbocycles. The Hall–Kier alpha value is -3.86. The van der Waals surface area contributed by atoms with Gasteiger partial charge in [0.25, 0.3) is 0 Å². The number of carbonyl (C=O) groups is 1. The molecule has 1 atom stereocenters. The second-order valence-electron chi connectivity index (χ2n) is 9.48. The second kappa shape index (κ2) is 10.7. The number of likely N-dealkylation sites (N-methyl/N-ethyl adjacent to an activating group) is 1. The number of benzene rings is 3. The highest BCUT2D eigenvalue weighted by molar-refractivity contribution is 7.92. The van der Waals surface area contributed by atoms with Gasteiger partial charge in [0.2, 0.25) is 15.9 Å². The minimum Gasteiger partial charge on any atom is -0.458 e. The molecule has 202 valence electrons. The summed E-state index contributed by atoms with van der Waals surface area (Å²) < 4.78 is 37.4. The Kier molecular flexibility index (Phi) is 7.35. The van der Waals surface area contributed by atoms with Gasteiger partial charge in [0.15, 0.2) is 11.5 Å².